The molecule has 0 atom stereocenters. The van der Waals surface area contributed by atoms with Crippen LogP contribution in [0.1, 0.15) is 20.8 Å². The number of thiazole rings is 1. The fourth-order valence-corrected chi connectivity index (χ4v) is 3.50. The second-order valence-corrected chi connectivity index (χ2v) is 6.91. The van der Waals surface area contributed by atoms with Gasteiger partial charge in [0.15, 0.2) is 16.6 Å². The molecule has 0 saturated heterocycles. The van der Waals surface area contributed by atoms with E-state index in [4.69, 9.17) is 15.2 Å². The van der Waals surface area contributed by atoms with Crippen LogP contribution in [0.15, 0.2) is 42.5 Å². The van der Waals surface area contributed by atoms with Crippen LogP contribution in [-0.2, 0) is 0 Å². The number of rotatable bonds is 4. The van der Waals surface area contributed by atoms with E-state index in [1.54, 1.807) is 12.1 Å². The molecular weight excluding hydrogens is 350 g/mol. The van der Waals surface area contributed by atoms with E-state index in [-0.39, 0.29) is 11.6 Å². The van der Waals surface area contributed by atoms with E-state index in [1.165, 1.54) is 11.3 Å². The largest absolute Gasteiger partial charge is 0.486 e. The molecule has 0 unspecified atom stereocenters. The Bertz CT molecular complexity index is 967. The number of ether oxygens (including phenoxy) is 2. The molecule has 3 N–H and O–H groups in total. The van der Waals surface area contributed by atoms with Gasteiger partial charge in [0, 0.05) is 17.3 Å². The molecule has 0 radical (unpaired) electrons. The lowest BCUT2D eigenvalue weighted by molar-refractivity contribution is 0.104. The second kappa shape index (κ2) is 6.68. The molecule has 6 nitrogen and oxygen atoms in total. The Hall–Kier alpha value is -3.06. The van der Waals surface area contributed by atoms with E-state index in [2.05, 4.69) is 10.3 Å². The predicted octanol–water partition coefficient (Wildman–Crippen LogP) is 3.78. The number of nitrogens with zero attached hydrogens (tertiary/aromatic N) is 1. The molecule has 0 bridgehead atoms. The van der Waals surface area contributed by atoms with Gasteiger partial charge in [-0.2, -0.15) is 0 Å². The third-order valence-corrected chi connectivity index (χ3v) is 4.95. The molecule has 132 valence electrons. The number of anilines is 3. The Morgan fingerprint density at radius 1 is 1.12 bits per heavy atom. The molecule has 7 heteroatoms. The van der Waals surface area contributed by atoms with Crippen LogP contribution < -0.4 is 20.5 Å². The number of aryl methyl sites for hydroxylation is 1. The molecule has 1 aromatic heterocycles. The van der Waals surface area contributed by atoms with Crippen molar-refractivity contribution in [3.05, 3.63) is 58.5 Å². The van der Waals surface area contributed by atoms with E-state index in [0.717, 1.165) is 17.0 Å². The van der Waals surface area contributed by atoms with Gasteiger partial charge in [0.2, 0.25) is 5.78 Å². The van der Waals surface area contributed by atoms with Crippen LogP contribution in [-0.4, -0.2) is 24.0 Å². The lowest BCUT2D eigenvalue weighted by atomic mass is 10.1. The minimum Gasteiger partial charge on any atom is -0.486 e. The molecule has 1 aliphatic heterocycles. The molecule has 0 spiro atoms. The van der Waals surface area contributed by atoms with Gasteiger partial charge in [-0.1, -0.05) is 41.2 Å². The van der Waals surface area contributed by atoms with Crippen LogP contribution >= 0.6 is 11.3 Å². The Kier molecular flexibility index (Phi) is 4.22. The highest BCUT2D eigenvalue weighted by Gasteiger charge is 2.19. The number of nitrogen functional groups attached to an aromatic ring is 1. The maximum Gasteiger partial charge on any atom is 0.206 e. The number of nitrogens with one attached hydrogen (secondary N) is 1. The monoisotopic (exact) mass is 367 g/mol. The molecule has 0 saturated carbocycles. The van der Waals surface area contributed by atoms with Crippen molar-refractivity contribution in [3.8, 4) is 11.5 Å². The van der Waals surface area contributed by atoms with Crippen molar-refractivity contribution >= 4 is 33.8 Å². The van der Waals surface area contributed by atoms with Crippen molar-refractivity contribution in [2.45, 2.75) is 6.92 Å². The third kappa shape index (κ3) is 3.21. The van der Waals surface area contributed by atoms with Gasteiger partial charge in [-0.3, -0.25) is 4.79 Å². The molecule has 3 aromatic rings. The van der Waals surface area contributed by atoms with Crippen LogP contribution in [0.3, 0.4) is 0 Å². The number of carbonyl (C=O) groups excluding carboxylic acids is 1. The van der Waals surface area contributed by atoms with Crippen molar-refractivity contribution in [1.29, 1.82) is 0 Å². The van der Waals surface area contributed by atoms with Gasteiger partial charge in [0.25, 0.3) is 0 Å². The summed E-state index contributed by atoms with van der Waals surface area (Å²) < 4.78 is 11.1. The zero-order chi connectivity index (χ0) is 18.1. The van der Waals surface area contributed by atoms with Gasteiger partial charge in [0.05, 0.1) is 0 Å². The number of carbonyl (C=O) groups is 1. The number of fused-ring (bicyclic) bond motifs is 1. The summed E-state index contributed by atoms with van der Waals surface area (Å²) in [6, 6.07) is 12.9. The molecule has 2 heterocycles. The van der Waals surface area contributed by atoms with Gasteiger partial charge in [0.1, 0.15) is 23.9 Å². The van der Waals surface area contributed by atoms with E-state index < -0.39 is 0 Å². The van der Waals surface area contributed by atoms with Gasteiger partial charge >= 0.3 is 0 Å². The number of ketones is 1. The van der Waals surface area contributed by atoms with Crippen LogP contribution in [0.5, 0.6) is 11.5 Å². The summed E-state index contributed by atoms with van der Waals surface area (Å²) in [4.78, 5) is 17.4. The van der Waals surface area contributed by atoms with E-state index in [1.807, 2.05) is 37.3 Å². The van der Waals surface area contributed by atoms with Crippen molar-refractivity contribution in [2.75, 3.05) is 24.3 Å². The maximum atomic E-state index is 12.7. The van der Waals surface area contributed by atoms with E-state index in [9.17, 15) is 4.79 Å². The van der Waals surface area contributed by atoms with Crippen molar-refractivity contribution in [2.24, 2.45) is 0 Å². The molecule has 1 aliphatic rings. The number of aromatic nitrogens is 1. The van der Waals surface area contributed by atoms with Gasteiger partial charge in [-0.05, 0) is 19.1 Å². The fourth-order valence-electron chi connectivity index (χ4n) is 2.63. The van der Waals surface area contributed by atoms with Crippen LogP contribution in [0.25, 0.3) is 0 Å². The molecule has 0 aliphatic carbocycles. The van der Waals surface area contributed by atoms with Gasteiger partial charge in [-0.15, -0.1) is 0 Å². The highest BCUT2D eigenvalue weighted by molar-refractivity contribution is 7.18. The molecule has 4 rings (SSSR count). The molecule has 2 aromatic carbocycles. The Morgan fingerprint density at radius 2 is 1.85 bits per heavy atom. The molecule has 0 fully saturated rings. The summed E-state index contributed by atoms with van der Waals surface area (Å²) in [5.74, 6) is 1.49. The summed E-state index contributed by atoms with van der Waals surface area (Å²) in [6.07, 6.45) is 0. The Balaban J connectivity index is 1.56. The summed E-state index contributed by atoms with van der Waals surface area (Å²) >= 11 is 1.23. The minimum absolute atomic E-state index is 0.129. The molecule has 0 amide bonds. The predicted molar refractivity (Wildman–Crippen MR) is 102 cm³/mol. The van der Waals surface area contributed by atoms with Crippen molar-refractivity contribution < 1.29 is 14.3 Å². The smallest absolute Gasteiger partial charge is 0.206 e. The highest BCUT2D eigenvalue weighted by Crippen LogP contribution is 2.35. The fraction of sp³-hybridized carbons (Fsp3) is 0.158. The first-order chi connectivity index (χ1) is 12.6. The van der Waals surface area contributed by atoms with E-state index in [0.29, 0.717) is 34.5 Å². The van der Waals surface area contributed by atoms with Gasteiger partial charge < -0.3 is 20.5 Å². The van der Waals surface area contributed by atoms with Crippen LogP contribution in [0, 0.1) is 6.92 Å². The SMILES string of the molecule is Cc1ccc(C(=O)c2sc(Nc3ccc4c(c3)OCCO4)nc2N)cc1. The number of nitrogens with two attached hydrogens (primary N) is 1. The number of benzene rings is 2. The topological polar surface area (TPSA) is 86.5 Å². The minimum atomic E-state index is -0.129. The first-order valence-corrected chi connectivity index (χ1v) is 8.96. The lowest BCUT2D eigenvalue weighted by Crippen LogP contribution is -2.15. The van der Waals surface area contributed by atoms with Gasteiger partial charge in [-0.25, -0.2) is 4.98 Å². The first kappa shape index (κ1) is 16.4. The van der Waals surface area contributed by atoms with Crippen molar-refractivity contribution in [3.63, 3.8) is 0 Å². The van der Waals surface area contributed by atoms with Crippen LogP contribution in [0.2, 0.25) is 0 Å². The molecular formula is C19H17N3O3S. The highest BCUT2D eigenvalue weighted by atomic mass is 32.1. The summed E-state index contributed by atoms with van der Waals surface area (Å²) in [5.41, 5.74) is 8.45. The quantitative estimate of drug-likeness (QED) is 0.683. The summed E-state index contributed by atoms with van der Waals surface area (Å²) in [5, 5.41) is 3.72. The number of hydrogen-bond donors (Lipinski definition) is 2. The first-order valence-electron chi connectivity index (χ1n) is 8.14. The Labute approximate surface area is 154 Å². The number of hydrogen-bond acceptors (Lipinski definition) is 7. The third-order valence-electron chi connectivity index (χ3n) is 3.97. The molecule has 26 heavy (non-hydrogen) atoms. The summed E-state index contributed by atoms with van der Waals surface area (Å²) in [7, 11) is 0. The van der Waals surface area contributed by atoms with E-state index >= 15 is 0 Å². The zero-order valence-electron chi connectivity index (χ0n) is 14.1. The Morgan fingerprint density at radius 3 is 2.62 bits per heavy atom. The average Bonchev–Trinajstić information content (AvgIpc) is 3.02. The summed E-state index contributed by atoms with van der Waals surface area (Å²) in [6.45, 7) is 3.05. The van der Waals surface area contributed by atoms with Crippen molar-refractivity contribution in [1.82, 2.24) is 4.98 Å². The zero-order valence-corrected chi connectivity index (χ0v) is 14.9. The van der Waals surface area contributed by atoms with Crippen LogP contribution in [0.4, 0.5) is 16.6 Å². The normalized spacial score (nSPS) is 12.7. The second-order valence-electron chi connectivity index (χ2n) is 5.91. The standard InChI is InChI=1S/C19H17N3O3S/c1-11-2-4-12(5-3-11)16(23)17-18(20)22-19(26-17)21-13-6-7-14-15(10-13)25-9-8-24-14/h2-7,10H,8-9,20H2,1H3,(H,21,22). The average molecular weight is 367 g/mol. The maximum absolute atomic E-state index is 12.7. The lowest BCUT2D eigenvalue weighted by Gasteiger charge is -2.18.